The summed E-state index contributed by atoms with van der Waals surface area (Å²) < 4.78 is 38.1. The van der Waals surface area contributed by atoms with Gasteiger partial charge in [-0.3, -0.25) is 0 Å². The van der Waals surface area contributed by atoms with E-state index in [9.17, 15) is 18.0 Å². The number of anilines is 1. The molecule has 3 nitrogen and oxygen atoms in total. The molecule has 124 valence electrons. The molecule has 1 N–H and O–H groups in total. The van der Waals surface area contributed by atoms with Crippen LogP contribution in [-0.2, 0) is 12.7 Å². The van der Waals surface area contributed by atoms with Gasteiger partial charge in [-0.2, -0.15) is 13.2 Å². The first kappa shape index (κ1) is 17.3. The van der Waals surface area contributed by atoms with Crippen LogP contribution >= 0.6 is 11.3 Å². The molecule has 1 aromatic heterocycles. The minimum atomic E-state index is -4.43. The van der Waals surface area contributed by atoms with Crippen molar-refractivity contribution in [3.8, 4) is 0 Å². The molecule has 0 aliphatic carbocycles. The fourth-order valence-corrected chi connectivity index (χ4v) is 2.81. The van der Waals surface area contributed by atoms with Crippen molar-refractivity contribution in [2.24, 2.45) is 0 Å². The van der Waals surface area contributed by atoms with E-state index in [2.05, 4.69) is 5.32 Å². The molecule has 2 rings (SSSR count). The van der Waals surface area contributed by atoms with Gasteiger partial charge in [-0.05, 0) is 36.1 Å². The molecule has 0 unspecified atom stereocenters. The minimum absolute atomic E-state index is 0.136. The summed E-state index contributed by atoms with van der Waals surface area (Å²) in [5.74, 6) is 0. The molecule has 2 aromatic rings. The first-order chi connectivity index (χ1) is 10.9. The third kappa shape index (κ3) is 4.99. The van der Waals surface area contributed by atoms with E-state index in [4.69, 9.17) is 0 Å². The molecule has 2 amide bonds. The van der Waals surface area contributed by atoms with E-state index in [1.54, 1.807) is 4.90 Å². The van der Waals surface area contributed by atoms with Crippen LogP contribution in [0.5, 0.6) is 0 Å². The van der Waals surface area contributed by atoms with E-state index in [0.717, 1.165) is 23.4 Å². The van der Waals surface area contributed by atoms with Crippen molar-refractivity contribution in [3.63, 3.8) is 0 Å². The van der Waals surface area contributed by atoms with Crippen LogP contribution in [0.4, 0.5) is 23.7 Å². The first-order valence-electron chi connectivity index (χ1n) is 7.15. The van der Waals surface area contributed by atoms with Crippen molar-refractivity contribution in [2.75, 3.05) is 11.9 Å². The van der Waals surface area contributed by atoms with Crippen LogP contribution in [0.15, 0.2) is 41.8 Å². The summed E-state index contributed by atoms with van der Waals surface area (Å²) in [4.78, 5) is 14.9. The summed E-state index contributed by atoms with van der Waals surface area (Å²) in [5.41, 5.74) is -0.646. The topological polar surface area (TPSA) is 32.3 Å². The highest BCUT2D eigenvalue weighted by Crippen LogP contribution is 2.30. The van der Waals surface area contributed by atoms with Gasteiger partial charge in [0.15, 0.2) is 0 Å². The highest BCUT2D eigenvalue weighted by molar-refractivity contribution is 7.09. The Morgan fingerprint density at radius 2 is 2.04 bits per heavy atom. The predicted octanol–water partition coefficient (Wildman–Crippen LogP) is 5.21. The number of nitrogens with one attached hydrogen (secondary N) is 1. The molecule has 7 heteroatoms. The third-order valence-corrected chi connectivity index (χ3v) is 4.01. The number of amides is 2. The smallest absolute Gasteiger partial charge is 0.319 e. The van der Waals surface area contributed by atoms with Crippen molar-refractivity contribution >= 4 is 23.1 Å². The number of hydrogen-bond donors (Lipinski definition) is 1. The van der Waals surface area contributed by atoms with Gasteiger partial charge in [0, 0.05) is 17.1 Å². The van der Waals surface area contributed by atoms with Crippen LogP contribution in [0.1, 0.15) is 23.8 Å². The van der Waals surface area contributed by atoms with Crippen molar-refractivity contribution in [1.82, 2.24) is 4.90 Å². The van der Waals surface area contributed by atoms with Gasteiger partial charge in [0.25, 0.3) is 0 Å². The van der Waals surface area contributed by atoms with Gasteiger partial charge in [0.05, 0.1) is 12.1 Å². The van der Waals surface area contributed by atoms with Gasteiger partial charge in [-0.15, -0.1) is 11.3 Å². The standard InChI is InChI=1S/C16H17F3N2OS/c1-2-8-21(11-14-7-4-9-23-14)15(22)20-13-6-3-5-12(10-13)16(17,18)19/h3-7,9-10H,2,8,11H2,1H3,(H,20,22). The third-order valence-electron chi connectivity index (χ3n) is 3.15. The molecular weight excluding hydrogens is 325 g/mol. The van der Waals surface area contributed by atoms with Crippen molar-refractivity contribution < 1.29 is 18.0 Å². The van der Waals surface area contributed by atoms with Crippen molar-refractivity contribution in [2.45, 2.75) is 26.1 Å². The summed E-state index contributed by atoms with van der Waals surface area (Å²) >= 11 is 1.54. The molecule has 0 radical (unpaired) electrons. The van der Waals surface area contributed by atoms with Crippen LogP contribution in [0, 0.1) is 0 Å². The Hall–Kier alpha value is -2.02. The Labute approximate surface area is 136 Å². The Morgan fingerprint density at radius 1 is 1.26 bits per heavy atom. The fraction of sp³-hybridized carbons (Fsp3) is 0.312. The molecule has 0 aliphatic rings. The lowest BCUT2D eigenvalue weighted by Crippen LogP contribution is -2.34. The van der Waals surface area contributed by atoms with Crippen LogP contribution in [-0.4, -0.2) is 17.5 Å². The van der Waals surface area contributed by atoms with Gasteiger partial charge >= 0.3 is 12.2 Å². The second kappa shape index (κ2) is 7.50. The van der Waals surface area contributed by atoms with E-state index in [1.807, 2.05) is 24.4 Å². The van der Waals surface area contributed by atoms with Gasteiger partial charge in [-0.1, -0.05) is 19.1 Å². The summed E-state index contributed by atoms with van der Waals surface area (Å²) in [5, 5.41) is 4.46. The number of alkyl halides is 3. The Balaban J connectivity index is 2.09. The molecule has 0 aliphatic heterocycles. The van der Waals surface area contributed by atoms with Crippen LogP contribution in [0.25, 0.3) is 0 Å². The van der Waals surface area contributed by atoms with Gasteiger partial charge in [0.1, 0.15) is 0 Å². The monoisotopic (exact) mass is 342 g/mol. The number of hydrogen-bond acceptors (Lipinski definition) is 2. The normalized spacial score (nSPS) is 11.3. The molecule has 1 heterocycles. The quantitative estimate of drug-likeness (QED) is 0.795. The van der Waals surface area contributed by atoms with Crippen LogP contribution in [0.2, 0.25) is 0 Å². The second-order valence-corrected chi connectivity index (χ2v) is 6.04. The molecule has 0 fully saturated rings. The van der Waals surface area contributed by atoms with Crippen LogP contribution < -0.4 is 5.32 Å². The maximum absolute atomic E-state index is 12.7. The van der Waals surface area contributed by atoms with E-state index in [-0.39, 0.29) is 5.69 Å². The Bertz CT molecular complexity index is 641. The molecule has 23 heavy (non-hydrogen) atoms. The van der Waals surface area contributed by atoms with Crippen molar-refractivity contribution in [3.05, 3.63) is 52.2 Å². The lowest BCUT2D eigenvalue weighted by Gasteiger charge is -2.22. The summed E-state index contributed by atoms with van der Waals surface area (Å²) in [6.07, 6.45) is -3.66. The zero-order valence-corrected chi connectivity index (χ0v) is 13.4. The molecule has 0 bridgehead atoms. The predicted molar refractivity (Wildman–Crippen MR) is 85.5 cm³/mol. The zero-order valence-electron chi connectivity index (χ0n) is 12.6. The first-order valence-corrected chi connectivity index (χ1v) is 8.03. The molecule has 0 spiro atoms. The highest BCUT2D eigenvalue weighted by Gasteiger charge is 2.30. The largest absolute Gasteiger partial charge is 0.416 e. The highest BCUT2D eigenvalue weighted by atomic mass is 32.1. The molecule has 1 aromatic carbocycles. The van der Waals surface area contributed by atoms with E-state index in [0.29, 0.717) is 13.1 Å². The molecule has 0 saturated carbocycles. The average Bonchev–Trinajstić information content (AvgIpc) is 2.99. The molecule has 0 saturated heterocycles. The zero-order chi connectivity index (χ0) is 16.9. The van der Waals surface area contributed by atoms with E-state index >= 15 is 0 Å². The number of thiophene rings is 1. The van der Waals surface area contributed by atoms with E-state index < -0.39 is 17.8 Å². The summed E-state index contributed by atoms with van der Waals surface area (Å²) in [7, 11) is 0. The molecule has 0 atom stereocenters. The summed E-state index contributed by atoms with van der Waals surface area (Å²) in [6.45, 7) is 2.91. The molecular formula is C16H17F3N2OS. The fourth-order valence-electron chi connectivity index (χ4n) is 2.09. The van der Waals surface area contributed by atoms with E-state index in [1.165, 1.54) is 23.5 Å². The second-order valence-electron chi connectivity index (χ2n) is 5.01. The van der Waals surface area contributed by atoms with Gasteiger partial charge in [0.2, 0.25) is 0 Å². The SMILES string of the molecule is CCCN(Cc1cccs1)C(=O)Nc1cccc(C(F)(F)F)c1. The average molecular weight is 342 g/mol. The number of rotatable bonds is 5. The number of nitrogens with zero attached hydrogens (tertiary/aromatic N) is 1. The lowest BCUT2D eigenvalue weighted by molar-refractivity contribution is -0.137. The minimum Gasteiger partial charge on any atom is -0.319 e. The lowest BCUT2D eigenvalue weighted by atomic mass is 10.2. The number of halogens is 3. The maximum Gasteiger partial charge on any atom is 0.416 e. The number of carbonyl (C=O) groups excluding carboxylic acids is 1. The Kier molecular flexibility index (Phi) is 5.65. The van der Waals surface area contributed by atoms with Crippen molar-refractivity contribution in [1.29, 1.82) is 0 Å². The summed E-state index contributed by atoms with van der Waals surface area (Å²) in [6, 6.07) is 8.06. The maximum atomic E-state index is 12.7. The Morgan fingerprint density at radius 3 is 2.65 bits per heavy atom. The number of carbonyl (C=O) groups is 1. The number of urea groups is 1. The van der Waals surface area contributed by atoms with Crippen LogP contribution in [0.3, 0.4) is 0 Å². The van der Waals surface area contributed by atoms with Gasteiger partial charge < -0.3 is 10.2 Å². The number of benzene rings is 1. The van der Waals surface area contributed by atoms with Gasteiger partial charge in [-0.25, -0.2) is 4.79 Å².